The molecule has 2 saturated heterocycles. The minimum absolute atomic E-state index is 0.0920. The van der Waals surface area contributed by atoms with Gasteiger partial charge < -0.3 is 4.74 Å². The molecule has 0 N–H and O–H groups in total. The van der Waals surface area contributed by atoms with Gasteiger partial charge in [0.05, 0.1) is 20.1 Å². The molecule has 0 unspecified atom stereocenters. The van der Waals surface area contributed by atoms with Gasteiger partial charge in [-0.1, -0.05) is 23.2 Å². The summed E-state index contributed by atoms with van der Waals surface area (Å²) in [7, 11) is 0. The van der Waals surface area contributed by atoms with E-state index >= 15 is 0 Å². The molecule has 3 nitrogen and oxygen atoms in total. The van der Waals surface area contributed by atoms with E-state index in [0.717, 1.165) is 19.4 Å². The molecule has 2 fully saturated rings. The number of rotatable bonds is 3. The van der Waals surface area contributed by atoms with Gasteiger partial charge in [-0.2, -0.15) is 0 Å². The molecule has 0 aliphatic carbocycles. The van der Waals surface area contributed by atoms with Gasteiger partial charge in [0.15, 0.2) is 5.82 Å². The van der Waals surface area contributed by atoms with E-state index in [4.69, 9.17) is 27.9 Å². The van der Waals surface area contributed by atoms with E-state index in [-0.39, 0.29) is 26.4 Å². The predicted molar refractivity (Wildman–Crippen MR) is 98.0 cm³/mol. The highest BCUT2D eigenvalue weighted by Gasteiger charge is 2.49. The van der Waals surface area contributed by atoms with Crippen LogP contribution in [0.1, 0.15) is 19.3 Å². The van der Waals surface area contributed by atoms with Gasteiger partial charge in [-0.15, -0.1) is 0 Å². The van der Waals surface area contributed by atoms with E-state index in [0.29, 0.717) is 30.0 Å². The quantitative estimate of drug-likeness (QED) is 0.584. The van der Waals surface area contributed by atoms with Crippen molar-refractivity contribution in [3.8, 4) is 5.88 Å². The summed E-state index contributed by atoms with van der Waals surface area (Å²) in [5.41, 5.74) is -0.198. The van der Waals surface area contributed by atoms with Crippen LogP contribution in [0.4, 0.5) is 8.78 Å². The number of benzene rings is 1. The highest BCUT2D eigenvalue weighted by molar-refractivity contribution is 9.10. The van der Waals surface area contributed by atoms with Crippen LogP contribution in [0, 0.1) is 5.82 Å². The lowest BCUT2D eigenvalue weighted by Gasteiger charge is -2.31. The van der Waals surface area contributed by atoms with Crippen molar-refractivity contribution in [2.24, 2.45) is 0 Å². The van der Waals surface area contributed by atoms with Crippen LogP contribution in [0.15, 0.2) is 16.6 Å². The molecule has 0 saturated carbocycles. The van der Waals surface area contributed by atoms with E-state index < -0.39 is 12.0 Å². The van der Waals surface area contributed by atoms with Crippen LogP contribution < -0.4 is 4.74 Å². The van der Waals surface area contributed by atoms with Gasteiger partial charge in [-0.05, 0) is 41.4 Å². The second-order valence-electron chi connectivity index (χ2n) is 6.69. The number of aromatic nitrogens is 1. The van der Waals surface area contributed by atoms with E-state index in [1.807, 2.05) is 0 Å². The normalized spacial score (nSPS) is 26.4. The number of pyridine rings is 1. The molecule has 0 bridgehead atoms. The first kappa shape index (κ1) is 17.7. The van der Waals surface area contributed by atoms with Crippen LogP contribution >= 0.6 is 39.1 Å². The van der Waals surface area contributed by atoms with E-state index in [1.54, 1.807) is 12.1 Å². The van der Waals surface area contributed by atoms with Gasteiger partial charge in [0.2, 0.25) is 5.88 Å². The maximum Gasteiger partial charge on any atom is 0.215 e. The summed E-state index contributed by atoms with van der Waals surface area (Å²) in [6.07, 6.45) is 1.56. The van der Waals surface area contributed by atoms with E-state index in [9.17, 15) is 8.78 Å². The number of halogens is 5. The van der Waals surface area contributed by atoms with E-state index in [2.05, 4.69) is 25.8 Å². The topological polar surface area (TPSA) is 25.4 Å². The molecule has 4 rings (SSSR count). The first-order valence-corrected chi connectivity index (χ1v) is 9.60. The lowest BCUT2D eigenvalue weighted by atomic mass is 9.95. The largest absolute Gasteiger partial charge is 0.476 e. The Morgan fingerprint density at radius 1 is 1.36 bits per heavy atom. The summed E-state index contributed by atoms with van der Waals surface area (Å²) < 4.78 is 34.3. The van der Waals surface area contributed by atoms with Crippen molar-refractivity contribution in [1.29, 1.82) is 0 Å². The molecule has 0 radical (unpaired) electrons. The van der Waals surface area contributed by atoms with Crippen molar-refractivity contribution < 1.29 is 13.5 Å². The number of nitrogens with zero attached hydrogens (tertiary/aromatic N) is 2. The van der Waals surface area contributed by atoms with Crippen LogP contribution in [0.25, 0.3) is 10.9 Å². The fourth-order valence-corrected chi connectivity index (χ4v) is 4.67. The zero-order chi connectivity index (χ0) is 17.8. The minimum Gasteiger partial charge on any atom is -0.476 e. The molecule has 0 amide bonds. The van der Waals surface area contributed by atoms with Crippen molar-refractivity contribution in [2.45, 2.75) is 31.0 Å². The summed E-state index contributed by atoms with van der Waals surface area (Å²) in [5, 5.41) is 0.955. The third-order valence-corrected chi connectivity index (χ3v) is 6.73. The van der Waals surface area contributed by atoms with Crippen LogP contribution in [-0.4, -0.2) is 41.3 Å². The third kappa shape index (κ3) is 3.01. The second-order valence-corrected chi connectivity index (χ2v) is 8.30. The van der Waals surface area contributed by atoms with E-state index in [1.165, 1.54) is 0 Å². The predicted octanol–water partition coefficient (Wildman–Crippen LogP) is 5.40. The summed E-state index contributed by atoms with van der Waals surface area (Å²) in [4.78, 5) is 6.40. The summed E-state index contributed by atoms with van der Waals surface area (Å²) in [6, 6.07) is 3.11. The fourth-order valence-electron chi connectivity index (χ4n) is 3.94. The Morgan fingerprint density at radius 2 is 2.16 bits per heavy atom. The molecular weight excluding hydrogens is 437 g/mol. The SMILES string of the molecule is Fc1c(Br)c(Cl)cc2c(Cl)cc(OC[C@@]34CCCN3C[C@H](F)C4)nc12. The number of hydrogen-bond acceptors (Lipinski definition) is 3. The maximum atomic E-state index is 14.5. The van der Waals surface area contributed by atoms with Gasteiger partial charge in [-0.3, -0.25) is 4.90 Å². The first-order chi connectivity index (χ1) is 11.9. The smallest absolute Gasteiger partial charge is 0.215 e. The number of fused-ring (bicyclic) bond motifs is 2. The molecule has 2 aliphatic rings. The highest BCUT2D eigenvalue weighted by Crippen LogP contribution is 2.41. The van der Waals surface area contributed by atoms with Crippen LogP contribution in [0.3, 0.4) is 0 Å². The molecule has 0 spiro atoms. The van der Waals surface area contributed by atoms with Crippen LogP contribution in [-0.2, 0) is 0 Å². The number of ether oxygens (including phenoxy) is 1. The van der Waals surface area contributed by atoms with Gasteiger partial charge >= 0.3 is 0 Å². The lowest BCUT2D eigenvalue weighted by molar-refractivity contribution is 0.111. The third-order valence-electron chi connectivity index (χ3n) is 5.12. The molecule has 3 heterocycles. The van der Waals surface area contributed by atoms with Gasteiger partial charge in [0.1, 0.15) is 18.3 Å². The molecule has 25 heavy (non-hydrogen) atoms. The zero-order valence-electron chi connectivity index (χ0n) is 13.2. The van der Waals surface area contributed by atoms with Crippen molar-refractivity contribution in [1.82, 2.24) is 9.88 Å². The van der Waals surface area contributed by atoms with Crippen molar-refractivity contribution in [2.75, 3.05) is 19.7 Å². The monoisotopic (exact) mass is 450 g/mol. The fraction of sp³-hybridized carbons (Fsp3) is 0.471. The average molecular weight is 452 g/mol. The molecule has 1 aromatic heterocycles. The first-order valence-electron chi connectivity index (χ1n) is 8.05. The molecular formula is C17H15BrCl2F2N2O. The van der Waals surface area contributed by atoms with Gasteiger partial charge in [-0.25, -0.2) is 13.8 Å². The molecule has 1 aromatic carbocycles. The van der Waals surface area contributed by atoms with Crippen LogP contribution in [0.2, 0.25) is 10.0 Å². The number of alkyl halides is 1. The Hall–Kier alpha value is -0.690. The van der Waals surface area contributed by atoms with Crippen molar-refractivity contribution in [3.05, 3.63) is 32.5 Å². The lowest BCUT2D eigenvalue weighted by Crippen LogP contribution is -2.43. The summed E-state index contributed by atoms with van der Waals surface area (Å²) in [6.45, 7) is 1.66. The Bertz CT molecular complexity index is 853. The maximum absolute atomic E-state index is 14.5. The summed E-state index contributed by atoms with van der Waals surface area (Å²) >= 11 is 15.3. The average Bonchev–Trinajstić information content (AvgIpc) is 3.08. The Labute approximate surface area is 162 Å². The highest BCUT2D eigenvalue weighted by atomic mass is 79.9. The van der Waals surface area contributed by atoms with Gasteiger partial charge in [0.25, 0.3) is 0 Å². The molecule has 2 aliphatic heterocycles. The van der Waals surface area contributed by atoms with Crippen LogP contribution in [0.5, 0.6) is 5.88 Å². The zero-order valence-corrected chi connectivity index (χ0v) is 16.3. The van der Waals surface area contributed by atoms with Crippen molar-refractivity contribution >= 4 is 50.0 Å². The Kier molecular flexibility index (Phi) is 4.59. The van der Waals surface area contributed by atoms with Gasteiger partial charge in [0, 0.05) is 24.4 Å². The molecule has 2 atom stereocenters. The minimum atomic E-state index is -0.826. The number of hydrogen-bond donors (Lipinski definition) is 0. The Balaban J connectivity index is 1.64. The standard InChI is InChI=1S/C17H15BrCl2F2N2O/c18-14-12(20)4-10-11(19)5-13(23-16(10)15(14)22)25-8-17-2-1-3-24(17)7-9(21)6-17/h4-5,9H,1-3,6-8H2/t9-,17+/m1/s1. The summed E-state index contributed by atoms with van der Waals surface area (Å²) in [5.74, 6) is -0.352. The Morgan fingerprint density at radius 3 is 2.96 bits per heavy atom. The molecule has 2 aromatic rings. The molecule has 134 valence electrons. The van der Waals surface area contributed by atoms with Crippen molar-refractivity contribution in [3.63, 3.8) is 0 Å². The second kappa shape index (κ2) is 6.48. The molecule has 8 heteroatoms.